The van der Waals surface area contributed by atoms with Crippen LogP contribution in [0.4, 0.5) is 14.9 Å². The Morgan fingerprint density at radius 2 is 2.00 bits per heavy atom. The quantitative estimate of drug-likeness (QED) is 0.754. The van der Waals surface area contributed by atoms with Crippen molar-refractivity contribution < 1.29 is 23.7 Å². The number of rotatable bonds is 4. The number of hydroxylamine groups is 2. The number of benzene rings is 1. The van der Waals surface area contributed by atoms with Gasteiger partial charge >= 0.3 is 6.09 Å². The van der Waals surface area contributed by atoms with E-state index in [0.717, 1.165) is 0 Å². The lowest BCUT2D eigenvalue weighted by atomic mass is 10.1. The lowest BCUT2D eigenvalue weighted by Crippen LogP contribution is -2.32. The van der Waals surface area contributed by atoms with Gasteiger partial charge in [0.2, 0.25) is 0 Å². The first-order valence-corrected chi connectivity index (χ1v) is 7.68. The van der Waals surface area contributed by atoms with Gasteiger partial charge in [0, 0.05) is 13.1 Å². The number of carbonyl (C=O) groups is 2. The van der Waals surface area contributed by atoms with Gasteiger partial charge in [-0.2, -0.15) is 11.0 Å². The van der Waals surface area contributed by atoms with Gasteiger partial charge in [-0.25, -0.2) is 14.1 Å². The molecule has 9 heteroatoms. The number of ether oxygens (including phenoxy) is 1. The minimum absolute atomic E-state index is 0.00949. The van der Waals surface area contributed by atoms with E-state index in [1.807, 2.05) is 0 Å². The number of carbonyl (C=O) groups excluding carboxylic acids is 2. The van der Waals surface area contributed by atoms with Gasteiger partial charge in [0.15, 0.2) is 6.10 Å². The summed E-state index contributed by atoms with van der Waals surface area (Å²) in [4.78, 5) is 28.8. The van der Waals surface area contributed by atoms with Crippen LogP contribution in [0.2, 0.25) is 0 Å². The number of cyclic esters (lactones) is 1. The monoisotopic (exact) mass is 336 g/mol. The molecule has 2 heterocycles. The molecule has 1 aromatic carbocycles. The van der Waals surface area contributed by atoms with Gasteiger partial charge in [0.05, 0.1) is 12.2 Å². The Hall–Kier alpha value is -2.23. The van der Waals surface area contributed by atoms with Crippen LogP contribution < -0.4 is 16.5 Å². The molecule has 8 nitrogen and oxygen atoms in total. The van der Waals surface area contributed by atoms with Gasteiger partial charge in [0.1, 0.15) is 5.82 Å². The van der Waals surface area contributed by atoms with Crippen molar-refractivity contribution in [3.8, 4) is 0 Å². The molecule has 2 aliphatic heterocycles. The molecule has 2 saturated heterocycles. The minimum atomic E-state index is -1.01. The summed E-state index contributed by atoms with van der Waals surface area (Å²) in [6.45, 7) is 1.36. The smallest absolute Gasteiger partial charge is 0.415 e. The summed E-state index contributed by atoms with van der Waals surface area (Å²) in [7, 11) is 0. The highest BCUT2D eigenvalue weighted by atomic mass is 19.1. The summed E-state index contributed by atoms with van der Waals surface area (Å²) < 4.78 is 19.4. The Morgan fingerprint density at radius 1 is 1.29 bits per heavy atom. The van der Waals surface area contributed by atoms with Crippen molar-refractivity contribution in [2.45, 2.75) is 12.0 Å². The molecule has 128 valence electrons. The maximum atomic E-state index is 14.5. The van der Waals surface area contributed by atoms with Gasteiger partial charge in [0.25, 0.3) is 5.91 Å². The number of piperidine rings is 1. The standard InChI is InChI=1S/C15H17FN4O4/c16-11-3-7(20-6-12(14(17)21)23-15(20)22)1-2-8(11)13-9-4-19(24-18)5-10(9)13/h1-3,9-10,12-13H,4-6,18H2,(H2,17,21)/t9-,10+,12-,13+/m1/s1. The van der Waals surface area contributed by atoms with Gasteiger partial charge in [-0.15, -0.1) is 0 Å². The first-order chi connectivity index (χ1) is 11.5. The van der Waals surface area contributed by atoms with Crippen molar-refractivity contribution in [2.75, 3.05) is 24.5 Å². The van der Waals surface area contributed by atoms with Crippen molar-refractivity contribution in [1.29, 1.82) is 0 Å². The third kappa shape index (κ3) is 2.32. The molecule has 4 rings (SSSR count). The summed E-state index contributed by atoms with van der Waals surface area (Å²) >= 11 is 0. The second-order valence-electron chi connectivity index (χ2n) is 6.40. The van der Waals surface area contributed by atoms with Crippen LogP contribution in [0.1, 0.15) is 11.5 Å². The molecular formula is C15H17FN4O4. The van der Waals surface area contributed by atoms with E-state index < -0.39 is 18.1 Å². The number of amides is 2. The molecule has 0 unspecified atom stereocenters. The van der Waals surface area contributed by atoms with E-state index in [2.05, 4.69) is 0 Å². The number of anilines is 1. The van der Waals surface area contributed by atoms with Gasteiger partial charge in [-0.3, -0.25) is 9.69 Å². The van der Waals surface area contributed by atoms with Crippen molar-refractivity contribution >= 4 is 17.7 Å². The number of halogens is 1. The number of nitrogens with zero attached hydrogens (tertiary/aromatic N) is 2. The van der Waals surface area contributed by atoms with Crippen LogP contribution in [0.5, 0.6) is 0 Å². The van der Waals surface area contributed by atoms with Crippen LogP contribution in [0.3, 0.4) is 0 Å². The first kappa shape index (κ1) is 15.3. The SMILES string of the molecule is NON1C[C@@H]2[C@H](C1)[C@H]2c1ccc(N2C[C@H](C(N)=O)OC2=O)cc1F. The topological polar surface area (TPSA) is 111 Å². The molecule has 1 saturated carbocycles. The largest absolute Gasteiger partial charge is 0.434 e. The zero-order chi connectivity index (χ0) is 17.0. The fourth-order valence-electron chi connectivity index (χ4n) is 3.81. The van der Waals surface area contributed by atoms with E-state index in [-0.39, 0.29) is 18.3 Å². The predicted molar refractivity (Wildman–Crippen MR) is 79.8 cm³/mol. The second kappa shape index (κ2) is 5.40. The Kier molecular flexibility index (Phi) is 3.44. The molecule has 1 aromatic rings. The zero-order valence-corrected chi connectivity index (χ0v) is 12.7. The number of hydrogen-bond donors (Lipinski definition) is 2. The number of fused-ring (bicyclic) bond motifs is 1. The van der Waals surface area contributed by atoms with Crippen molar-refractivity contribution in [2.24, 2.45) is 23.5 Å². The number of nitrogens with two attached hydrogens (primary N) is 2. The second-order valence-corrected chi connectivity index (χ2v) is 6.40. The van der Waals surface area contributed by atoms with Crippen molar-refractivity contribution in [1.82, 2.24) is 5.06 Å². The van der Waals surface area contributed by atoms with E-state index >= 15 is 0 Å². The highest BCUT2D eigenvalue weighted by Gasteiger charge is 2.57. The molecule has 1 aliphatic carbocycles. The van der Waals surface area contributed by atoms with E-state index in [4.69, 9.17) is 21.3 Å². The Labute approximate surface area is 137 Å². The molecule has 0 aromatic heterocycles. The van der Waals surface area contributed by atoms with E-state index in [9.17, 15) is 14.0 Å². The van der Waals surface area contributed by atoms with Crippen molar-refractivity contribution in [3.05, 3.63) is 29.6 Å². The Balaban J connectivity index is 1.50. The summed E-state index contributed by atoms with van der Waals surface area (Å²) in [6.07, 6.45) is -1.71. The lowest BCUT2D eigenvalue weighted by Gasteiger charge is -2.17. The van der Waals surface area contributed by atoms with E-state index in [0.29, 0.717) is 36.2 Å². The third-order valence-corrected chi connectivity index (χ3v) is 5.09. The average molecular weight is 336 g/mol. The summed E-state index contributed by atoms with van der Waals surface area (Å²) in [6, 6.07) is 4.64. The third-order valence-electron chi connectivity index (χ3n) is 5.09. The number of hydrogen-bond acceptors (Lipinski definition) is 6. The minimum Gasteiger partial charge on any atom is -0.434 e. The Bertz CT molecular complexity index is 703. The number of primary amides is 1. The molecule has 4 N–H and O–H groups in total. The molecule has 0 spiro atoms. The van der Waals surface area contributed by atoms with E-state index in [1.54, 1.807) is 17.2 Å². The summed E-state index contributed by atoms with van der Waals surface area (Å²) in [5, 5.41) is 1.67. The van der Waals surface area contributed by atoms with Gasteiger partial charge in [-0.05, 0) is 35.4 Å². The van der Waals surface area contributed by atoms with Crippen LogP contribution in [0, 0.1) is 17.7 Å². The highest BCUT2D eigenvalue weighted by molar-refractivity contribution is 5.95. The van der Waals surface area contributed by atoms with Crippen LogP contribution in [-0.4, -0.2) is 42.8 Å². The van der Waals surface area contributed by atoms with Crippen LogP contribution >= 0.6 is 0 Å². The Morgan fingerprint density at radius 3 is 2.54 bits per heavy atom. The average Bonchev–Trinajstić information content (AvgIpc) is 2.90. The molecule has 3 aliphatic rings. The lowest BCUT2D eigenvalue weighted by molar-refractivity contribution is -0.155. The maximum Gasteiger partial charge on any atom is 0.415 e. The molecular weight excluding hydrogens is 319 g/mol. The fraction of sp³-hybridized carbons (Fsp3) is 0.467. The van der Waals surface area contributed by atoms with E-state index in [1.165, 1.54) is 11.0 Å². The normalized spacial score (nSPS) is 31.9. The molecule has 0 bridgehead atoms. The summed E-state index contributed by atoms with van der Waals surface area (Å²) in [5.74, 6) is 4.86. The predicted octanol–water partition coefficient (Wildman–Crippen LogP) is 0.0867. The molecule has 2 amide bonds. The maximum absolute atomic E-state index is 14.5. The molecule has 4 atom stereocenters. The highest BCUT2D eigenvalue weighted by Crippen LogP contribution is 2.58. The van der Waals surface area contributed by atoms with Crippen molar-refractivity contribution in [3.63, 3.8) is 0 Å². The van der Waals surface area contributed by atoms with Crippen LogP contribution in [0.25, 0.3) is 0 Å². The molecule has 0 radical (unpaired) electrons. The van der Waals surface area contributed by atoms with Crippen LogP contribution in [-0.2, 0) is 14.5 Å². The molecule has 24 heavy (non-hydrogen) atoms. The zero-order valence-electron chi connectivity index (χ0n) is 12.7. The van der Waals surface area contributed by atoms with Crippen LogP contribution in [0.15, 0.2) is 18.2 Å². The van der Waals surface area contributed by atoms with Gasteiger partial charge in [-0.1, -0.05) is 6.07 Å². The molecule has 3 fully saturated rings. The first-order valence-electron chi connectivity index (χ1n) is 7.68. The van der Waals surface area contributed by atoms with Gasteiger partial charge < -0.3 is 10.5 Å². The fourth-order valence-corrected chi connectivity index (χ4v) is 3.81. The summed E-state index contributed by atoms with van der Waals surface area (Å²) in [5.41, 5.74) is 6.12.